The first kappa shape index (κ1) is 18.9. The van der Waals surface area contributed by atoms with Gasteiger partial charge in [0.1, 0.15) is 0 Å². The van der Waals surface area contributed by atoms with Crippen molar-refractivity contribution in [3.05, 3.63) is 0 Å². The highest BCUT2D eigenvalue weighted by atomic mass is 16.3. The molecule has 0 aromatic carbocycles. The van der Waals surface area contributed by atoms with Crippen LogP contribution in [0.2, 0.25) is 0 Å². The molecule has 0 spiro atoms. The second-order valence-corrected chi connectivity index (χ2v) is 5.75. The number of aliphatic hydroxyl groups is 3. The zero-order valence-corrected chi connectivity index (χ0v) is 12.7. The van der Waals surface area contributed by atoms with Crippen molar-refractivity contribution in [1.82, 2.24) is 0 Å². The minimum atomic E-state index is -0.857. The van der Waals surface area contributed by atoms with Crippen LogP contribution in [0.1, 0.15) is 84.0 Å². The monoisotopic (exact) mass is 274 g/mol. The molecule has 0 radical (unpaired) electrons. The molecule has 0 aromatic rings. The van der Waals surface area contributed by atoms with Crippen LogP contribution < -0.4 is 0 Å². The minimum Gasteiger partial charge on any atom is -0.396 e. The van der Waals surface area contributed by atoms with Gasteiger partial charge in [-0.1, -0.05) is 64.7 Å². The van der Waals surface area contributed by atoms with E-state index in [0.717, 1.165) is 12.8 Å². The van der Waals surface area contributed by atoms with Gasteiger partial charge in [-0.15, -0.1) is 0 Å². The highest BCUT2D eigenvalue weighted by molar-refractivity contribution is 4.77. The van der Waals surface area contributed by atoms with Crippen LogP contribution in [0.15, 0.2) is 0 Å². The first-order valence-corrected chi connectivity index (χ1v) is 8.12. The summed E-state index contributed by atoms with van der Waals surface area (Å²) in [5, 5.41) is 28.1. The van der Waals surface area contributed by atoms with Gasteiger partial charge in [0.15, 0.2) is 0 Å². The van der Waals surface area contributed by atoms with Crippen molar-refractivity contribution in [2.75, 3.05) is 13.2 Å². The van der Waals surface area contributed by atoms with Gasteiger partial charge in [0.2, 0.25) is 0 Å². The summed E-state index contributed by atoms with van der Waals surface area (Å²) in [7, 11) is 0. The van der Waals surface area contributed by atoms with Crippen molar-refractivity contribution >= 4 is 0 Å². The highest BCUT2D eigenvalue weighted by Crippen LogP contribution is 2.23. The first-order valence-electron chi connectivity index (χ1n) is 8.12. The van der Waals surface area contributed by atoms with Crippen LogP contribution in [-0.2, 0) is 0 Å². The van der Waals surface area contributed by atoms with E-state index in [2.05, 4.69) is 6.92 Å². The van der Waals surface area contributed by atoms with Crippen LogP contribution in [-0.4, -0.2) is 34.1 Å². The molecule has 19 heavy (non-hydrogen) atoms. The third kappa shape index (κ3) is 11.4. The molecule has 0 aliphatic heterocycles. The molecule has 116 valence electrons. The van der Waals surface area contributed by atoms with Crippen molar-refractivity contribution in [3.63, 3.8) is 0 Å². The van der Waals surface area contributed by atoms with Gasteiger partial charge in [0, 0.05) is 13.2 Å². The smallest absolute Gasteiger partial charge is 0.0691 e. The molecule has 0 bridgehead atoms. The van der Waals surface area contributed by atoms with Crippen molar-refractivity contribution in [2.45, 2.75) is 89.6 Å². The number of aliphatic hydroxyl groups excluding tert-OH is 2. The zero-order chi connectivity index (χ0) is 14.4. The molecule has 3 N–H and O–H groups in total. The second-order valence-electron chi connectivity index (χ2n) is 5.75. The summed E-state index contributed by atoms with van der Waals surface area (Å²) in [4.78, 5) is 0. The predicted molar refractivity (Wildman–Crippen MR) is 80.2 cm³/mol. The standard InChI is InChI=1S/C16H34O3/c1-2-3-4-5-6-7-8-9-10-11-16(19,12-14-17)13-15-18/h17-19H,2-15H2,1H3. The lowest BCUT2D eigenvalue weighted by Crippen LogP contribution is -2.31. The average molecular weight is 274 g/mol. The van der Waals surface area contributed by atoms with E-state index < -0.39 is 5.60 Å². The van der Waals surface area contributed by atoms with E-state index in [1.165, 1.54) is 44.9 Å². The Morgan fingerprint density at radius 3 is 1.47 bits per heavy atom. The van der Waals surface area contributed by atoms with Gasteiger partial charge >= 0.3 is 0 Å². The first-order chi connectivity index (χ1) is 9.18. The van der Waals surface area contributed by atoms with Gasteiger partial charge in [0.05, 0.1) is 5.60 Å². The lowest BCUT2D eigenvalue weighted by atomic mass is 9.89. The number of unbranched alkanes of at least 4 members (excludes halogenated alkanes) is 8. The molecular formula is C16H34O3. The molecule has 3 nitrogen and oxygen atoms in total. The van der Waals surface area contributed by atoms with E-state index in [1.807, 2.05) is 0 Å². The third-order valence-corrected chi connectivity index (χ3v) is 3.90. The minimum absolute atomic E-state index is 0.00602. The third-order valence-electron chi connectivity index (χ3n) is 3.90. The Hall–Kier alpha value is -0.120. The quantitative estimate of drug-likeness (QED) is 0.425. The molecule has 0 saturated carbocycles. The van der Waals surface area contributed by atoms with Gasteiger partial charge in [-0.25, -0.2) is 0 Å². The van der Waals surface area contributed by atoms with E-state index in [0.29, 0.717) is 19.3 Å². The maximum atomic E-state index is 10.2. The Labute approximate surface area is 119 Å². The fourth-order valence-corrected chi connectivity index (χ4v) is 2.56. The summed E-state index contributed by atoms with van der Waals surface area (Å²) in [5.74, 6) is 0. The lowest BCUT2D eigenvalue weighted by Gasteiger charge is -2.26. The summed E-state index contributed by atoms with van der Waals surface area (Å²) in [5.41, 5.74) is -0.857. The normalized spacial score (nSPS) is 12.0. The van der Waals surface area contributed by atoms with Crippen LogP contribution in [0.4, 0.5) is 0 Å². The molecule has 0 amide bonds. The Morgan fingerprint density at radius 1 is 0.632 bits per heavy atom. The largest absolute Gasteiger partial charge is 0.396 e. The van der Waals surface area contributed by atoms with E-state index >= 15 is 0 Å². The summed E-state index contributed by atoms with van der Waals surface area (Å²) < 4.78 is 0. The number of hydrogen-bond donors (Lipinski definition) is 3. The van der Waals surface area contributed by atoms with Gasteiger partial charge in [-0.2, -0.15) is 0 Å². The molecule has 0 atom stereocenters. The maximum absolute atomic E-state index is 10.2. The Kier molecular flexibility index (Phi) is 12.8. The van der Waals surface area contributed by atoms with Gasteiger partial charge < -0.3 is 15.3 Å². The van der Waals surface area contributed by atoms with Crippen LogP contribution in [0.5, 0.6) is 0 Å². The molecule has 0 rings (SSSR count). The predicted octanol–water partition coefficient (Wildman–Crippen LogP) is 3.40. The Bertz CT molecular complexity index is 177. The van der Waals surface area contributed by atoms with Gasteiger partial charge in [-0.05, 0) is 19.3 Å². The van der Waals surface area contributed by atoms with Gasteiger partial charge in [-0.3, -0.25) is 0 Å². The molecule has 0 heterocycles. The molecule has 0 unspecified atom stereocenters. The van der Waals surface area contributed by atoms with Crippen LogP contribution in [0.3, 0.4) is 0 Å². The van der Waals surface area contributed by atoms with E-state index in [9.17, 15) is 5.11 Å². The second kappa shape index (κ2) is 12.9. The van der Waals surface area contributed by atoms with Crippen molar-refractivity contribution in [1.29, 1.82) is 0 Å². The summed E-state index contributed by atoms with van der Waals surface area (Å²) in [6.45, 7) is 2.22. The molecule has 0 aliphatic carbocycles. The molecule has 0 fully saturated rings. The van der Waals surface area contributed by atoms with E-state index in [-0.39, 0.29) is 13.2 Å². The molecular weight excluding hydrogens is 240 g/mol. The van der Waals surface area contributed by atoms with Crippen LogP contribution in [0, 0.1) is 0 Å². The number of hydrogen-bond acceptors (Lipinski definition) is 3. The molecule has 3 heteroatoms. The topological polar surface area (TPSA) is 60.7 Å². The van der Waals surface area contributed by atoms with E-state index in [1.54, 1.807) is 0 Å². The van der Waals surface area contributed by atoms with Gasteiger partial charge in [0.25, 0.3) is 0 Å². The molecule has 0 aliphatic rings. The molecule has 0 aromatic heterocycles. The average Bonchev–Trinajstić information content (AvgIpc) is 2.37. The van der Waals surface area contributed by atoms with Crippen molar-refractivity contribution < 1.29 is 15.3 Å². The maximum Gasteiger partial charge on any atom is 0.0691 e. The van der Waals surface area contributed by atoms with Crippen LogP contribution >= 0.6 is 0 Å². The van der Waals surface area contributed by atoms with Crippen molar-refractivity contribution in [2.24, 2.45) is 0 Å². The fourth-order valence-electron chi connectivity index (χ4n) is 2.56. The summed E-state index contributed by atoms with van der Waals surface area (Å²) >= 11 is 0. The number of rotatable bonds is 14. The summed E-state index contributed by atoms with van der Waals surface area (Å²) in [6, 6.07) is 0. The SMILES string of the molecule is CCCCCCCCCCCC(O)(CCO)CCO. The zero-order valence-electron chi connectivity index (χ0n) is 12.7. The molecule has 0 saturated heterocycles. The fraction of sp³-hybridized carbons (Fsp3) is 1.00. The van der Waals surface area contributed by atoms with Crippen LogP contribution in [0.25, 0.3) is 0 Å². The Morgan fingerprint density at radius 2 is 1.05 bits per heavy atom. The van der Waals surface area contributed by atoms with E-state index in [4.69, 9.17) is 10.2 Å². The summed E-state index contributed by atoms with van der Waals surface area (Å²) in [6.07, 6.45) is 12.8. The lowest BCUT2D eigenvalue weighted by molar-refractivity contribution is -0.0140. The Balaban J connectivity index is 3.44. The highest BCUT2D eigenvalue weighted by Gasteiger charge is 2.24. The van der Waals surface area contributed by atoms with Crippen molar-refractivity contribution in [3.8, 4) is 0 Å².